The number of piperazine rings is 1. The fourth-order valence-corrected chi connectivity index (χ4v) is 1.15. The molecule has 1 saturated heterocycles. The molecule has 12 heavy (non-hydrogen) atoms. The molecule has 1 rings (SSSR count). The van der Waals surface area contributed by atoms with E-state index in [4.69, 9.17) is 5.84 Å². The lowest BCUT2D eigenvalue weighted by molar-refractivity contribution is -0.678. The lowest BCUT2D eigenvalue weighted by Crippen LogP contribution is -2.96. The summed E-state index contributed by atoms with van der Waals surface area (Å²) in [5.41, 5.74) is 1.99. The Hall–Kier alpha value is -1.14. The zero-order valence-corrected chi connectivity index (χ0v) is 6.67. The Morgan fingerprint density at radius 2 is 2.58 bits per heavy atom. The minimum atomic E-state index is -0.317. The lowest BCUT2D eigenvalue weighted by atomic mass is 10.1. The molecule has 0 saturated carbocycles. The van der Waals surface area contributed by atoms with E-state index < -0.39 is 0 Å². The smallest absolute Gasteiger partial charge is 0.279 e. The van der Waals surface area contributed by atoms with E-state index in [9.17, 15) is 9.59 Å². The number of rotatable bonds is 2. The maximum Gasteiger partial charge on any atom is 0.279 e. The highest BCUT2D eigenvalue weighted by atomic mass is 16.2. The number of nitrogens with two attached hydrogens (primary N) is 2. The lowest BCUT2D eigenvalue weighted by Gasteiger charge is -2.19. The summed E-state index contributed by atoms with van der Waals surface area (Å²) in [6.45, 7) is 1.48. The van der Waals surface area contributed by atoms with Crippen molar-refractivity contribution in [3.63, 3.8) is 0 Å². The molecule has 0 aliphatic carbocycles. The standard InChI is InChI=1S/C6H12N4O2/c7-10-5(11)3-4-6(12)9-2-1-8-4/h4,8H,1-3,7H2,(H,9,12)(H,10,11)/p+1/t4-/m0/s1. The van der Waals surface area contributed by atoms with Gasteiger partial charge in [-0.05, 0) is 0 Å². The molecule has 0 aromatic carbocycles. The predicted molar refractivity (Wildman–Crippen MR) is 40.5 cm³/mol. The molecule has 1 fully saturated rings. The molecule has 6 N–H and O–H groups in total. The van der Waals surface area contributed by atoms with Crippen molar-refractivity contribution >= 4 is 11.8 Å². The molecule has 0 aromatic rings. The number of nitrogens with one attached hydrogen (secondary N) is 2. The highest BCUT2D eigenvalue weighted by molar-refractivity contribution is 5.87. The minimum Gasteiger partial charge on any atom is -0.345 e. The van der Waals surface area contributed by atoms with Crippen LogP contribution in [0.1, 0.15) is 6.42 Å². The minimum absolute atomic E-state index is 0.0927. The third-order valence-electron chi connectivity index (χ3n) is 1.80. The quantitative estimate of drug-likeness (QED) is 0.197. The number of carbonyl (C=O) groups is 2. The van der Waals surface area contributed by atoms with E-state index in [2.05, 4.69) is 5.32 Å². The van der Waals surface area contributed by atoms with Gasteiger partial charge in [-0.1, -0.05) is 0 Å². The van der Waals surface area contributed by atoms with Gasteiger partial charge in [-0.2, -0.15) is 0 Å². The van der Waals surface area contributed by atoms with Crippen LogP contribution in [0.3, 0.4) is 0 Å². The number of hydrazine groups is 1. The highest BCUT2D eigenvalue weighted by Crippen LogP contribution is 1.88. The van der Waals surface area contributed by atoms with Crippen molar-refractivity contribution in [3.05, 3.63) is 0 Å². The Bertz CT molecular complexity index is 194. The second-order valence-corrected chi connectivity index (χ2v) is 2.69. The summed E-state index contributed by atoms with van der Waals surface area (Å²) in [7, 11) is 0. The highest BCUT2D eigenvalue weighted by Gasteiger charge is 2.27. The second-order valence-electron chi connectivity index (χ2n) is 2.69. The molecule has 0 unspecified atom stereocenters. The molecular weight excluding hydrogens is 160 g/mol. The molecule has 0 aromatic heterocycles. The first-order valence-corrected chi connectivity index (χ1v) is 3.84. The van der Waals surface area contributed by atoms with Crippen LogP contribution < -0.4 is 21.9 Å². The summed E-state index contributed by atoms with van der Waals surface area (Å²) < 4.78 is 0. The molecule has 0 radical (unpaired) electrons. The zero-order chi connectivity index (χ0) is 8.97. The first-order chi connectivity index (χ1) is 5.74. The van der Waals surface area contributed by atoms with Crippen LogP contribution in [0.4, 0.5) is 0 Å². The normalized spacial score (nSPS) is 23.1. The van der Waals surface area contributed by atoms with Gasteiger partial charge in [0.15, 0.2) is 6.04 Å². The summed E-state index contributed by atoms with van der Waals surface area (Å²) in [5, 5.41) is 4.51. The van der Waals surface area contributed by atoms with Crippen LogP contribution in [0, 0.1) is 0 Å². The first kappa shape index (κ1) is 8.95. The summed E-state index contributed by atoms with van der Waals surface area (Å²) in [5.74, 6) is 4.49. The van der Waals surface area contributed by atoms with Crippen LogP contribution >= 0.6 is 0 Å². The summed E-state index contributed by atoms with van der Waals surface area (Å²) in [6, 6.07) is -0.317. The van der Waals surface area contributed by atoms with Gasteiger partial charge in [0.05, 0.1) is 19.5 Å². The monoisotopic (exact) mass is 173 g/mol. The van der Waals surface area contributed by atoms with Gasteiger partial charge in [-0.3, -0.25) is 15.0 Å². The fraction of sp³-hybridized carbons (Fsp3) is 0.667. The van der Waals surface area contributed by atoms with Gasteiger partial charge >= 0.3 is 0 Å². The third-order valence-corrected chi connectivity index (χ3v) is 1.80. The maximum absolute atomic E-state index is 11.1. The Morgan fingerprint density at radius 1 is 1.83 bits per heavy atom. The molecule has 1 atom stereocenters. The van der Waals surface area contributed by atoms with E-state index in [1.165, 1.54) is 0 Å². The van der Waals surface area contributed by atoms with Crippen LogP contribution in [0.15, 0.2) is 0 Å². The van der Waals surface area contributed by atoms with Crippen molar-refractivity contribution < 1.29 is 14.9 Å². The van der Waals surface area contributed by atoms with Gasteiger partial charge in [0.1, 0.15) is 0 Å². The average Bonchev–Trinajstić information content (AvgIpc) is 2.09. The van der Waals surface area contributed by atoms with Crippen molar-refractivity contribution in [2.45, 2.75) is 12.5 Å². The van der Waals surface area contributed by atoms with Crippen LogP contribution in [0.2, 0.25) is 0 Å². The molecular formula is C6H13N4O2+. The van der Waals surface area contributed by atoms with Crippen LogP contribution in [0.25, 0.3) is 0 Å². The number of hydrogen-bond donors (Lipinski definition) is 4. The number of carbonyl (C=O) groups excluding carboxylic acids is 2. The first-order valence-electron chi connectivity index (χ1n) is 3.84. The molecule has 1 heterocycles. The molecule has 6 nitrogen and oxygen atoms in total. The summed E-state index contributed by atoms with van der Waals surface area (Å²) >= 11 is 0. The van der Waals surface area contributed by atoms with E-state index in [0.29, 0.717) is 6.54 Å². The number of amides is 2. The predicted octanol–water partition coefficient (Wildman–Crippen LogP) is -3.57. The molecule has 68 valence electrons. The molecule has 2 amide bonds. The second kappa shape index (κ2) is 4.03. The molecule has 0 bridgehead atoms. The number of hydrogen-bond acceptors (Lipinski definition) is 3. The Labute approximate surface area is 69.8 Å². The molecule has 1 aliphatic rings. The van der Waals surface area contributed by atoms with Crippen molar-refractivity contribution in [1.29, 1.82) is 0 Å². The number of quaternary nitrogens is 1. The molecule has 1 aliphatic heterocycles. The van der Waals surface area contributed by atoms with E-state index in [1.807, 2.05) is 10.7 Å². The van der Waals surface area contributed by atoms with E-state index >= 15 is 0 Å². The van der Waals surface area contributed by atoms with Gasteiger partial charge in [0.2, 0.25) is 5.91 Å². The summed E-state index contributed by atoms with van der Waals surface area (Å²) in [6.07, 6.45) is 0.141. The van der Waals surface area contributed by atoms with Crippen LogP contribution in [-0.2, 0) is 9.59 Å². The van der Waals surface area contributed by atoms with Crippen molar-refractivity contribution in [2.24, 2.45) is 5.84 Å². The topological polar surface area (TPSA) is 101 Å². The van der Waals surface area contributed by atoms with Crippen molar-refractivity contribution in [3.8, 4) is 0 Å². The van der Waals surface area contributed by atoms with Crippen LogP contribution in [-0.4, -0.2) is 30.9 Å². The largest absolute Gasteiger partial charge is 0.345 e. The maximum atomic E-state index is 11.1. The Morgan fingerprint density at radius 3 is 3.17 bits per heavy atom. The van der Waals surface area contributed by atoms with E-state index in [1.54, 1.807) is 0 Å². The average molecular weight is 173 g/mol. The SMILES string of the molecule is NNC(=O)C[C@@H]1[NH2+]CCNC1=O. The van der Waals surface area contributed by atoms with Gasteiger partial charge < -0.3 is 10.6 Å². The summed E-state index contributed by atoms with van der Waals surface area (Å²) in [4.78, 5) is 21.9. The van der Waals surface area contributed by atoms with Gasteiger partial charge in [-0.25, -0.2) is 5.84 Å². The van der Waals surface area contributed by atoms with Crippen molar-refractivity contribution in [2.75, 3.05) is 13.1 Å². The van der Waals surface area contributed by atoms with E-state index in [0.717, 1.165) is 6.54 Å². The van der Waals surface area contributed by atoms with Gasteiger partial charge in [0.25, 0.3) is 5.91 Å². The zero-order valence-electron chi connectivity index (χ0n) is 6.67. The van der Waals surface area contributed by atoms with Gasteiger partial charge in [0, 0.05) is 0 Å². The van der Waals surface area contributed by atoms with Crippen LogP contribution in [0.5, 0.6) is 0 Å². The van der Waals surface area contributed by atoms with Crippen molar-refractivity contribution in [1.82, 2.24) is 10.7 Å². The third kappa shape index (κ3) is 2.18. The van der Waals surface area contributed by atoms with E-state index in [-0.39, 0.29) is 24.3 Å². The molecule has 0 spiro atoms. The Balaban J connectivity index is 2.39. The Kier molecular flexibility index (Phi) is 3.01. The fourth-order valence-electron chi connectivity index (χ4n) is 1.15. The van der Waals surface area contributed by atoms with Gasteiger partial charge in [-0.15, -0.1) is 0 Å². The molecule has 6 heteroatoms.